The second-order valence-corrected chi connectivity index (χ2v) is 6.95. The van der Waals surface area contributed by atoms with Gasteiger partial charge in [-0.25, -0.2) is 0 Å². The lowest BCUT2D eigenvalue weighted by molar-refractivity contribution is 0.0909. The number of rotatable bonds is 2. The number of amides is 1. The third-order valence-electron chi connectivity index (χ3n) is 4.37. The lowest BCUT2D eigenvalue weighted by Crippen LogP contribution is -2.40. The average molecular weight is 371 g/mol. The highest BCUT2D eigenvalue weighted by Crippen LogP contribution is 2.29. The van der Waals surface area contributed by atoms with E-state index < -0.39 is 0 Å². The van der Waals surface area contributed by atoms with Gasteiger partial charge in [0.25, 0.3) is 5.91 Å². The molecule has 3 atom stereocenters. The molecule has 19 heavy (non-hydrogen) atoms. The minimum atomic E-state index is 0.0832. The van der Waals surface area contributed by atoms with Crippen molar-refractivity contribution in [1.29, 1.82) is 0 Å². The van der Waals surface area contributed by atoms with E-state index >= 15 is 0 Å². The van der Waals surface area contributed by atoms with Gasteiger partial charge in [-0.2, -0.15) is 0 Å². The number of carbonyl (C=O) groups is 1. The summed E-state index contributed by atoms with van der Waals surface area (Å²) in [7, 11) is 0. The number of hydrogen-bond donors (Lipinski definition) is 1. The van der Waals surface area contributed by atoms with Crippen LogP contribution in [0.25, 0.3) is 0 Å². The summed E-state index contributed by atoms with van der Waals surface area (Å²) >= 11 is 2.26. The van der Waals surface area contributed by atoms with Crippen molar-refractivity contribution in [1.82, 2.24) is 5.32 Å². The number of aryl methyl sites for hydroxylation is 1. The first-order chi connectivity index (χ1) is 8.99. The highest BCUT2D eigenvalue weighted by Gasteiger charge is 2.26. The molecule has 3 heteroatoms. The fourth-order valence-corrected chi connectivity index (χ4v) is 3.37. The van der Waals surface area contributed by atoms with E-state index in [-0.39, 0.29) is 5.91 Å². The molecule has 1 aliphatic carbocycles. The van der Waals surface area contributed by atoms with Crippen molar-refractivity contribution >= 4 is 28.5 Å². The molecule has 1 aliphatic rings. The van der Waals surface area contributed by atoms with Crippen LogP contribution in [0.3, 0.4) is 0 Å². The van der Waals surface area contributed by atoms with Crippen LogP contribution in [0.4, 0.5) is 0 Å². The van der Waals surface area contributed by atoms with Crippen LogP contribution in [0.1, 0.15) is 49.0 Å². The van der Waals surface area contributed by atoms with Gasteiger partial charge in [0.2, 0.25) is 0 Å². The summed E-state index contributed by atoms with van der Waals surface area (Å²) in [5.41, 5.74) is 1.98. The fraction of sp³-hybridized carbons (Fsp3) is 0.562. The average Bonchev–Trinajstić information content (AvgIpc) is 2.37. The first-order valence-electron chi connectivity index (χ1n) is 7.05. The van der Waals surface area contributed by atoms with Crippen molar-refractivity contribution < 1.29 is 4.79 Å². The molecule has 1 aromatic carbocycles. The quantitative estimate of drug-likeness (QED) is 0.778. The summed E-state index contributed by atoms with van der Waals surface area (Å²) in [6, 6.07) is 6.26. The molecule has 1 amide bonds. The third-order valence-corrected chi connectivity index (χ3v) is 5.80. The number of halogens is 1. The summed E-state index contributed by atoms with van der Waals surface area (Å²) in [5.74, 6) is 1.57. The molecule has 2 nitrogen and oxygen atoms in total. The first kappa shape index (κ1) is 14.8. The van der Waals surface area contributed by atoms with Gasteiger partial charge in [-0.3, -0.25) is 4.79 Å². The molecule has 104 valence electrons. The summed E-state index contributed by atoms with van der Waals surface area (Å²) in [6.07, 6.45) is 3.44. The maximum absolute atomic E-state index is 12.4. The second-order valence-electron chi connectivity index (χ2n) is 5.87. The Labute approximate surface area is 129 Å². The predicted molar refractivity (Wildman–Crippen MR) is 87.3 cm³/mol. The van der Waals surface area contributed by atoms with Gasteiger partial charge >= 0.3 is 0 Å². The lowest BCUT2D eigenvalue weighted by Gasteiger charge is -2.32. The van der Waals surface area contributed by atoms with Gasteiger partial charge < -0.3 is 5.32 Å². The number of benzene rings is 1. The molecule has 1 N–H and O–H groups in total. The summed E-state index contributed by atoms with van der Waals surface area (Å²) in [6.45, 7) is 6.65. The zero-order chi connectivity index (χ0) is 14.0. The Bertz CT molecular complexity index is 472. The Morgan fingerprint density at radius 1 is 1.26 bits per heavy atom. The van der Waals surface area contributed by atoms with Crippen molar-refractivity contribution in [3.05, 3.63) is 32.9 Å². The molecule has 0 saturated heterocycles. The molecule has 1 fully saturated rings. The Balaban J connectivity index is 2.03. The van der Waals surface area contributed by atoms with E-state index in [9.17, 15) is 4.79 Å². The lowest BCUT2D eigenvalue weighted by atomic mass is 9.79. The number of carbonyl (C=O) groups excluding carboxylic acids is 1. The smallest absolute Gasteiger partial charge is 0.252 e. The predicted octanol–water partition coefficient (Wildman–Crippen LogP) is 4.15. The number of nitrogens with one attached hydrogen (secondary N) is 1. The van der Waals surface area contributed by atoms with Crippen LogP contribution in [0, 0.1) is 22.3 Å². The molecular formula is C16H22INO. The van der Waals surface area contributed by atoms with Gasteiger partial charge in [0.1, 0.15) is 0 Å². The minimum absolute atomic E-state index is 0.0832. The topological polar surface area (TPSA) is 29.1 Å². The SMILES string of the molecule is Cc1cccc(C(=O)NC2CCC(C)C(C)C2)c1I. The normalized spacial score (nSPS) is 27.1. The molecule has 0 spiro atoms. The molecular weight excluding hydrogens is 349 g/mol. The monoisotopic (exact) mass is 371 g/mol. The van der Waals surface area contributed by atoms with Crippen LogP contribution in [0.5, 0.6) is 0 Å². The molecule has 0 aliphatic heterocycles. The Morgan fingerprint density at radius 3 is 2.68 bits per heavy atom. The van der Waals surface area contributed by atoms with Crippen LogP contribution < -0.4 is 5.32 Å². The van der Waals surface area contributed by atoms with Gasteiger partial charge in [-0.05, 0) is 72.2 Å². The van der Waals surface area contributed by atoms with Crippen LogP contribution in [0.15, 0.2) is 18.2 Å². The van der Waals surface area contributed by atoms with E-state index in [0.29, 0.717) is 12.0 Å². The molecule has 1 saturated carbocycles. The minimum Gasteiger partial charge on any atom is -0.349 e. The van der Waals surface area contributed by atoms with Crippen LogP contribution in [0.2, 0.25) is 0 Å². The molecule has 0 heterocycles. The summed E-state index contributed by atoms with van der Waals surface area (Å²) in [4.78, 5) is 12.4. The Morgan fingerprint density at radius 2 is 2.00 bits per heavy atom. The highest BCUT2D eigenvalue weighted by atomic mass is 127. The zero-order valence-corrected chi connectivity index (χ0v) is 14.0. The molecule has 0 radical (unpaired) electrons. The largest absolute Gasteiger partial charge is 0.349 e. The highest BCUT2D eigenvalue weighted by molar-refractivity contribution is 14.1. The maximum atomic E-state index is 12.4. The summed E-state index contributed by atoms with van der Waals surface area (Å²) < 4.78 is 1.06. The van der Waals surface area contributed by atoms with E-state index in [4.69, 9.17) is 0 Å². The van der Waals surface area contributed by atoms with Gasteiger partial charge in [0.15, 0.2) is 0 Å². The van der Waals surface area contributed by atoms with E-state index in [2.05, 4.69) is 41.8 Å². The molecule has 0 bridgehead atoms. The second kappa shape index (κ2) is 6.25. The van der Waals surface area contributed by atoms with E-state index in [1.807, 2.05) is 25.1 Å². The fourth-order valence-electron chi connectivity index (χ4n) is 2.76. The van der Waals surface area contributed by atoms with Crippen LogP contribution >= 0.6 is 22.6 Å². The van der Waals surface area contributed by atoms with E-state index in [0.717, 1.165) is 27.9 Å². The molecule has 1 aromatic rings. The maximum Gasteiger partial charge on any atom is 0.252 e. The third kappa shape index (κ3) is 3.50. The molecule has 0 aromatic heterocycles. The van der Waals surface area contributed by atoms with Gasteiger partial charge in [-0.15, -0.1) is 0 Å². The van der Waals surface area contributed by atoms with Gasteiger partial charge in [0, 0.05) is 9.61 Å². The Kier molecular flexibility index (Phi) is 4.87. The first-order valence-corrected chi connectivity index (χ1v) is 8.13. The standard InChI is InChI=1S/C16H22INO/c1-10-7-8-13(9-12(10)3)18-16(19)14-6-4-5-11(2)15(14)17/h4-6,10,12-13H,7-9H2,1-3H3,(H,18,19). The molecule has 3 unspecified atom stereocenters. The zero-order valence-electron chi connectivity index (χ0n) is 11.9. The van der Waals surface area contributed by atoms with Crippen LogP contribution in [-0.2, 0) is 0 Å². The van der Waals surface area contributed by atoms with Crippen molar-refractivity contribution in [2.24, 2.45) is 11.8 Å². The van der Waals surface area contributed by atoms with Crippen molar-refractivity contribution in [2.75, 3.05) is 0 Å². The van der Waals surface area contributed by atoms with Gasteiger partial charge in [0.05, 0.1) is 5.56 Å². The van der Waals surface area contributed by atoms with E-state index in [1.165, 1.54) is 12.0 Å². The van der Waals surface area contributed by atoms with Crippen molar-refractivity contribution in [3.8, 4) is 0 Å². The van der Waals surface area contributed by atoms with Crippen molar-refractivity contribution in [3.63, 3.8) is 0 Å². The molecule has 2 rings (SSSR count). The van der Waals surface area contributed by atoms with E-state index in [1.54, 1.807) is 0 Å². The van der Waals surface area contributed by atoms with Gasteiger partial charge in [-0.1, -0.05) is 26.0 Å². The Hall–Kier alpha value is -0.580. The number of hydrogen-bond acceptors (Lipinski definition) is 1. The van der Waals surface area contributed by atoms with Crippen LogP contribution in [-0.4, -0.2) is 11.9 Å². The van der Waals surface area contributed by atoms with Crippen molar-refractivity contribution in [2.45, 2.75) is 46.1 Å². The summed E-state index contributed by atoms with van der Waals surface area (Å²) in [5, 5.41) is 3.21.